The first kappa shape index (κ1) is 20.6. The molecule has 1 heterocycles. The first-order valence-electron chi connectivity index (χ1n) is 10.2. The molecule has 1 aromatic heterocycles. The molecule has 158 valence electrons. The number of fused-ring (bicyclic) bond motifs is 1. The summed E-state index contributed by atoms with van der Waals surface area (Å²) in [5.74, 6) is 0.0311. The zero-order valence-electron chi connectivity index (χ0n) is 17.4. The summed E-state index contributed by atoms with van der Waals surface area (Å²) < 4.78 is 10.4. The lowest BCUT2D eigenvalue weighted by Crippen LogP contribution is -2.35. The van der Waals surface area contributed by atoms with E-state index in [4.69, 9.17) is 9.47 Å². The van der Waals surface area contributed by atoms with E-state index in [-0.39, 0.29) is 18.6 Å². The van der Waals surface area contributed by atoms with Crippen molar-refractivity contribution in [2.45, 2.75) is 25.4 Å². The van der Waals surface area contributed by atoms with Gasteiger partial charge in [-0.3, -0.25) is 9.78 Å². The summed E-state index contributed by atoms with van der Waals surface area (Å²) >= 11 is 0. The van der Waals surface area contributed by atoms with Gasteiger partial charge >= 0.3 is 5.97 Å². The normalized spacial score (nSPS) is 13.3. The zero-order valence-corrected chi connectivity index (χ0v) is 17.4. The Hall–Kier alpha value is -3.67. The highest BCUT2D eigenvalue weighted by molar-refractivity contribution is 5.93. The molecule has 1 amide bonds. The van der Waals surface area contributed by atoms with Crippen LogP contribution in [-0.4, -0.2) is 41.5 Å². The first-order chi connectivity index (χ1) is 15.1. The molecule has 4 rings (SSSR count). The standard InChI is InChI=1S/C25H24N2O4/c1-30-22-12-7-18(8-13-22)16-27(21-10-11-21)23(28)17-31-24(29)14-9-20-5-2-4-19-6-3-15-26-25(19)20/h2-9,12-15,21H,10-11,16-17H2,1H3. The fraction of sp³-hybridized carbons (Fsp3) is 0.240. The molecular formula is C25H24N2O4. The van der Waals surface area contributed by atoms with Crippen LogP contribution in [0.3, 0.4) is 0 Å². The number of ether oxygens (including phenoxy) is 2. The largest absolute Gasteiger partial charge is 0.497 e. The van der Waals surface area contributed by atoms with Crippen LogP contribution in [0.4, 0.5) is 0 Å². The van der Waals surface area contributed by atoms with E-state index in [1.807, 2.05) is 54.6 Å². The molecule has 1 aliphatic rings. The highest BCUT2D eigenvalue weighted by Gasteiger charge is 2.32. The van der Waals surface area contributed by atoms with Gasteiger partial charge in [-0.1, -0.05) is 36.4 Å². The van der Waals surface area contributed by atoms with Crippen LogP contribution in [0.1, 0.15) is 24.0 Å². The Morgan fingerprint density at radius 2 is 1.87 bits per heavy atom. The summed E-state index contributed by atoms with van der Waals surface area (Å²) in [4.78, 5) is 31.0. The van der Waals surface area contributed by atoms with Crippen molar-refractivity contribution in [3.8, 4) is 5.75 Å². The van der Waals surface area contributed by atoms with Gasteiger partial charge in [-0.25, -0.2) is 4.79 Å². The van der Waals surface area contributed by atoms with Crippen molar-refractivity contribution < 1.29 is 19.1 Å². The fourth-order valence-corrected chi connectivity index (χ4v) is 3.42. The van der Waals surface area contributed by atoms with Crippen molar-refractivity contribution in [1.82, 2.24) is 9.88 Å². The van der Waals surface area contributed by atoms with Gasteiger partial charge in [-0.2, -0.15) is 0 Å². The van der Waals surface area contributed by atoms with Gasteiger partial charge in [0.1, 0.15) is 5.75 Å². The molecule has 6 nitrogen and oxygen atoms in total. The maximum absolute atomic E-state index is 12.7. The minimum atomic E-state index is -0.554. The Bertz CT molecular complexity index is 1100. The van der Waals surface area contributed by atoms with Crippen LogP contribution in [0.15, 0.2) is 66.9 Å². The Morgan fingerprint density at radius 1 is 1.10 bits per heavy atom. The quantitative estimate of drug-likeness (QED) is 0.410. The maximum Gasteiger partial charge on any atom is 0.331 e. The van der Waals surface area contributed by atoms with E-state index in [1.54, 1.807) is 24.3 Å². The molecule has 31 heavy (non-hydrogen) atoms. The number of carbonyl (C=O) groups excluding carboxylic acids is 2. The Morgan fingerprint density at radius 3 is 2.61 bits per heavy atom. The van der Waals surface area contributed by atoms with Crippen LogP contribution in [0.5, 0.6) is 5.75 Å². The molecule has 1 aliphatic carbocycles. The zero-order chi connectivity index (χ0) is 21.6. The molecule has 0 spiro atoms. The first-order valence-corrected chi connectivity index (χ1v) is 10.2. The number of pyridine rings is 1. The predicted molar refractivity (Wildman–Crippen MR) is 118 cm³/mol. The van der Waals surface area contributed by atoms with Gasteiger partial charge in [0.25, 0.3) is 5.91 Å². The average Bonchev–Trinajstić information content (AvgIpc) is 3.65. The van der Waals surface area contributed by atoms with Crippen molar-refractivity contribution in [2.24, 2.45) is 0 Å². The van der Waals surface area contributed by atoms with Crippen LogP contribution < -0.4 is 4.74 Å². The number of hydrogen-bond acceptors (Lipinski definition) is 5. The lowest BCUT2D eigenvalue weighted by atomic mass is 10.1. The molecule has 2 aromatic carbocycles. The second-order valence-electron chi connectivity index (χ2n) is 7.46. The summed E-state index contributed by atoms with van der Waals surface area (Å²) in [5.41, 5.74) is 2.64. The average molecular weight is 416 g/mol. The van der Waals surface area contributed by atoms with E-state index < -0.39 is 5.97 Å². The number of methoxy groups -OCH3 is 1. The Balaban J connectivity index is 1.35. The number of aromatic nitrogens is 1. The molecule has 6 heteroatoms. The SMILES string of the molecule is COc1ccc(CN(C(=O)COC(=O)C=Cc2cccc3cccnc23)C2CC2)cc1. The van der Waals surface area contributed by atoms with Gasteiger partial charge in [0.15, 0.2) is 6.61 Å². The minimum absolute atomic E-state index is 0.188. The monoisotopic (exact) mass is 416 g/mol. The van der Waals surface area contributed by atoms with Gasteiger partial charge in [0.05, 0.1) is 12.6 Å². The van der Waals surface area contributed by atoms with Crippen LogP contribution >= 0.6 is 0 Å². The number of benzene rings is 2. The van der Waals surface area contributed by atoms with Crippen molar-refractivity contribution in [3.05, 3.63) is 78.0 Å². The van der Waals surface area contributed by atoms with Crippen LogP contribution in [0, 0.1) is 0 Å². The molecule has 1 saturated carbocycles. The van der Waals surface area contributed by atoms with Crippen molar-refractivity contribution in [3.63, 3.8) is 0 Å². The molecule has 0 radical (unpaired) electrons. The Kier molecular flexibility index (Phi) is 6.26. The highest BCUT2D eigenvalue weighted by atomic mass is 16.5. The minimum Gasteiger partial charge on any atom is -0.497 e. The summed E-state index contributed by atoms with van der Waals surface area (Å²) in [6.45, 7) is 0.214. The van der Waals surface area contributed by atoms with E-state index in [0.29, 0.717) is 6.54 Å². The highest BCUT2D eigenvalue weighted by Crippen LogP contribution is 2.29. The molecule has 0 unspecified atom stereocenters. The number of nitrogens with zero attached hydrogens (tertiary/aromatic N) is 2. The second-order valence-corrected chi connectivity index (χ2v) is 7.46. The van der Waals surface area contributed by atoms with Crippen molar-refractivity contribution in [1.29, 1.82) is 0 Å². The lowest BCUT2D eigenvalue weighted by molar-refractivity contribution is -0.148. The molecule has 0 N–H and O–H groups in total. The van der Waals surface area contributed by atoms with Crippen molar-refractivity contribution >= 4 is 28.9 Å². The number of rotatable bonds is 8. The van der Waals surface area contributed by atoms with Crippen LogP contribution in [-0.2, 0) is 20.9 Å². The fourth-order valence-electron chi connectivity index (χ4n) is 3.42. The molecule has 0 bridgehead atoms. The third-order valence-corrected chi connectivity index (χ3v) is 5.22. The van der Waals surface area contributed by atoms with E-state index in [0.717, 1.165) is 40.6 Å². The number of para-hydroxylation sites is 1. The third kappa shape index (κ3) is 5.28. The lowest BCUT2D eigenvalue weighted by Gasteiger charge is -2.22. The number of esters is 1. The smallest absolute Gasteiger partial charge is 0.331 e. The molecule has 1 fully saturated rings. The van der Waals surface area contributed by atoms with Crippen molar-refractivity contribution in [2.75, 3.05) is 13.7 Å². The van der Waals surface area contributed by atoms with Gasteiger partial charge in [0, 0.05) is 35.8 Å². The summed E-state index contributed by atoms with van der Waals surface area (Å²) in [7, 11) is 1.62. The topological polar surface area (TPSA) is 68.7 Å². The van der Waals surface area contributed by atoms with Gasteiger partial charge in [-0.05, 0) is 42.7 Å². The number of hydrogen-bond donors (Lipinski definition) is 0. The maximum atomic E-state index is 12.7. The summed E-state index contributed by atoms with van der Waals surface area (Å²) in [6, 6.07) is 17.4. The van der Waals surface area contributed by atoms with E-state index in [2.05, 4.69) is 4.98 Å². The molecule has 0 aliphatic heterocycles. The van der Waals surface area contributed by atoms with Gasteiger partial charge < -0.3 is 14.4 Å². The van der Waals surface area contributed by atoms with Gasteiger partial charge in [0.2, 0.25) is 0 Å². The second kappa shape index (κ2) is 9.43. The summed E-state index contributed by atoms with van der Waals surface area (Å²) in [5, 5.41) is 0.992. The van der Waals surface area contributed by atoms with E-state index in [9.17, 15) is 9.59 Å². The summed E-state index contributed by atoms with van der Waals surface area (Å²) in [6.07, 6.45) is 6.67. The Labute approximate surface area is 181 Å². The van der Waals surface area contributed by atoms with Crippen LogP contribution in [0.25, 0.3) is 17.0 Å². The van der Waals surface area contributed by atoms with E-state index >= 15 is 0 Å². The predicted octanol–water partition coefficient (Wildman–Crippen LogP) is 3.99. The molecular weight excluding hydrogens is 392 g/mol. The third-order valence-electron chi connectivity index (χ3n) is 5.22. The number of carbonyl (C=O) groups is 2. The molecule has 0 saturated heterocycles. The molecule has 0 atom stereocenters. The molecule has 3 aromatic rings. The van der Waals surface area contributed by atoms with Crippen LogP contribution in [0.2, 0.25) is 0 Å². The number of amides is 1. The van der Waals surface area contributed by atoms with E-state index in [1.165, 1.54) is 6.08 Å². The van der Waals surface area contributed by atoms with Gasteiger partial charge in [-0.15, -0.1) is 0 Å².